The highest BCUT2D eigenvalue weighted by atomic mass is 35.5. The molecule has 4 heteroatoms. The van der Waals surface area contributed by atoms with E-state index in [0.717, 1.165) is 29.7 Å². The van der Waals surface area contributed by atoms with Gasteiger partial charge in [0.25, 0.3) is 0 Å². The van der Waals surface area contributed by atoms with Gasteiger partial charge in [0, 0.05) is 28.3 Å². The minimum atomic E-state index is 0.00668. The molecule has 0 bridgehead atoms. The zero-order valence-electron chi connectivity index (χ0n) is 9.81. The molecular weight excluding hydrogens is 248 g/mol. The molecule has 3 rings (SSSR count). The molecule has 1 saturated carbocycles. The van der Waals surface area contributed by atoms with Crippen LogP contribution in [-0.4, -0.2) is 15.1 Å². The average Bonchev–Trinajstić information content (AvgIpc) is 3.23. The Morgan fingerprint density at radius 2 is 1.94 bits per heavy atom. The Kier molecular flexibility index (Phi) is 3.02. The van der Waals surface area contributed by atoms with E-state index in [9.17, 15) is 5.11 Å². The molecule has 3 nitrogen and oxygen atoms in total. The predicted molar refractivity (Wildman–Crippen MR) is 70.4 cm³/mol. The van der Waals surface area contributed by atoms with Gasteiger partial charge in [0.15, 0.2) is 5.82 Å². The second-order valence-electron chi connectivity index (χ2n) is 4.54. The third kappa shape index (κ3) is 2.24. The van der Waals surface area contributed by atoms with Crippen LogP contribution in [0, 0.1) is 0 Å². The number of halogens is 1. The SMILES string of the molecule is OCc1cnc(-c2ccc(Cl)cc2)nc1C1CC1. The first-order valence-electron chi connectivity index (χ1n) is 6.00. The van der Waals surface area contributed by atoms with Gasteiger partial charge in [-0.15, -0.1) is 0 Å². The molecule has 0 saturated heterocycles. The van der Waals surface area contributed by atoms with E-state index in [1.54, 1.807) is 6.20 Å². The van der Waals surface area contributed by atoms with Crippen molar-refractivity contribution in [2.24, 2.45) is 0 Å². The zero-order chi connectivity index (χ0) is 12.5. The first-order valence-corrected chi connectivity index (χ1v) is 6.38. The van der Waals surface area contributed by atoms with Crippen LogP contribution in [0.4, 0.5) is 0 Å². The molecule has 1 heterocycles. The van der Waals surface area contributed by atoms with Crippen LogP contribution in [0.1, 0.15) is 30.0 Å². The molecule has 0 radical (unpaired) electrons. The molecule has 92 valence electrons. The predicted octanol–water partition coefficient (Wildman–Crippen LogP) is 3.17. The molecular formula is C14H13ClN2O. The van der Waals surface area contributed by atoms with E-state index in [2.05, 4.69) is 9.97 Å². The van der Waals surface area contributed by atoms with Crippen molar-refractivity contribution >= 4 is 11.6 Å². The van der Waals surface area contributed by atoms with Crippen LogP contribution in [-0.2, 0) is 6.61 Å². The van der Waals surface area contributed by atoms with E-state index >= 15 is 0 Å². The molecule has 2 aromatic rings. The van der Waals surface area contributed by atoms with Gasteiger partial charge in [0.1, 0.15) is 0 Å². The molecule has 0 unspecified atom stereocenters. The van der Waals surface area contributed by atoms with E-state index in [-0.39, 0.29) is 6.61 Å². The summed E-state index contributed by atoms with van der Waals surface area (Å²) in [5, 5.41) is 10.00. The third-order valence-electron chi connectivity index (χ3n) is 3.13. The second kappa shape index (κ2) is 4.67. The van der Waals surface area contributed by atoms with E-state index in [1.165, 1.54) is 0 Å². The molecule has 1 N–H and O–H groups in total. The van der Waals surface area contributed by atoms with Crippen molar-refractivity contribution in [2.45, 2.75) is 25.4 Å². The zero-order valence-corrected chi connectivity index (χ0v) is 10.6. The van der Waals surface area contributed by atoms with Crippen LogP contribution in [0.25, 0.3) is 11.4 Å². The van der Waals surface area contributed by atoms with Gasteiger partial charge in [-0.05, 0) is 37.1 Å². The molecule has 1 fully saturated rings. The summed E-state index contributed by atoms with van der Waals surface area (Å²) in [7, 11) is 0. The number of hydrogen-bond donors (Lipinski definition) is 1. The fourth-order valence-electron chi connectivity index (χ4n) is 1.99. The fraction of sp³-hybridized carbons (Fsp3) is 0.286. The summed E-state index contributed by atoms with van der Waals surface area (Å²) in [5.41, 5.74) is 2.79. The second-order valence-corrected chi connectivity index (χ2v) is 4.98. The van der Waals surface area contributed by atoms with Crippen molar-refractivity contribution in [3.05, 3.63) is 46.7 Å². The minimum absolute atomic E-state index is 0.00668. The summed E-state index contributed by atoms with van der Waals surface area (Å²) >= 11 is 5.86. The van der Waals surface area contributed by atoms with Gasteiger partial charge in [-0.3, -0.25) is 0 Å². The standard InChI is InChI=1S/C14H13ClN2O/c15-12-5-3-10(4-6-12)14-16-7-11(8-18)13(17-14)9-1-2-9/h3-7,9,18H,1-2,8H2. The normalized spacial score (nSPS) is 14.8. The molecule has 0 amide bonds. The molecule has 1 aliphatic rings. The summed E-state index contributed by atoms with van der Waals surface area (Å²) in [6.45, 7) is 0.00668. The summed E-state index contributed by atoms with van der Waals surface area (Å²) in [6.07, 6.45) is 4.04. The fourth-order valence-corrected chi connectivity index (χ4v) is 2.12. The number of hydrogen-bond acceptors (Lipinski definition) is 3. The van der Waals surface area contributed by atoms with E-state index in [4.69, 9.17) is 11.6 Å². The van der Waals surface area contributed by atoms with Gasteiger partial charge in [-0.1, -0.05) is 11.6 Å². The lowest BCUT2D eigenvalue weighted by Gasteiger charge is -2.07. The van der Waals surface area contributed by atoms with Crippen LogP contribution < -0.4 is 0 Å². The Hall–Kier alpha value is -1.45. The smallest absolute Gasteiger partial charge is 0.159 e. The number of aromatic nitrogens is 2. The molecule has 1 aromatic carbocycles. The van der Waals surface area contributed by atoms with Crippen molar-refractivity contribution in [1.82, 2.24) is 9.97 Å². The molecule has 0 aliphatic heterocycles. The quantitative estimate of drug-likeness (QED) is 0.922. The van der Waals surface area contributed by atoms with Crippen LogP contribution in [0.2, 0.25) is 5.02 Å². The van der Waals surface area contributed by atoms with Crippen molar-refractivity contribution in [2.75, 3.05) is 0 Å². The van der Waals surface area contributed by atoms with Crippen molar-refractivity contribution in [3.8, 4) is 11.4 Å². The van der Waals surface area contributed by atoms with Crippen LogP contribution in [0.5, 0.6) is 0 Å². The lowest BCUT2D eigenvalue weighted by molar-refractivity contribution is 0.279. The molecule has 1 aromatic heterocycles. The van der Waals surface area contributed by atoms with Gasteiger partial charge in [-0.2, -0.15) is 0 Å². The first kappa shape index (κ1) is 11.6. The van der Waals surface area contributed by atoms with Crippen molar-refractivity contribution < 1.29 is 5.11 Å². The Labute approximate surface area is 110 Å². The number of aliphatic hydroxyl groups is 1. The van der Waals surface area contributed by atoms with Crippen LogP contribution >= 0.6 is 11.6 Å². The van der Waals surface area contributed by atoms with Gasteiger partial charge in [-0.25, -0.2) is 9.97 Å². The van der Waals surface area contributed by atoms with E-state index in [0.29, 0.717) is 16.8 Å². The largest absolute Gasteiger partial charge is 0.392 e. The number of rotatable bonds is 3. The molecule has 1 aliphatic carbocycles. The topological polar surface area (TPSA) is 46.0 Å². The lowest BCUT2D eigenvalue weighted by atomic mass is 10.1. The third-order valence-corrected chi connectivity index (χ3v) is 3.39. The average molecular weight is 261 g/mol. The van der Waals surface area contributed by atoms with Gasteiger partial charge in [0.2, 0.25) is 0 Å². The Morgan fingerprint density at radius 3 is 2.56 bits per heavy atom. The maximum Gasteiger partial charge on any atom is 0.159 e. The highest BCUT2D eigenvalue weighted by molar-refractivity contribution is 6.30. The highest BCUT2D eigenvalue weighted by Crippen LogP contribution is 2.41. The monoisotopic (exact) mass is 260 g/mol. The van der Waals surface area contributed by atoms with E-state index in [1.807, 2.05) is 24.3 Å². The minimum Gasteiger partial charge on any atom is -0.392 e. The number of benzene rings is 1. The summed E-state index contributed by atoms with van der Waals surface area (Å²) in [5.74, 6) is 1.20. The lowest BCUT2D eigenvalue weighted by Crippen LogP contribution is -2.00. The van der Waals surface area contributed by atoms with Crippen LogP contribution in [0.3, 0.4) is 0 Å². The van der Waals surface area contributed by atoms with Crippen molar-refractivity contribution in [1.29, 1.82) is 0 Å². The number of nitrogens with zero attached hydrogens (tertiary/aromatic N) is 2. The van der Waals surface area contributed by atoms with Crippen LogP contribution in [0.15, 0.2) is 30.5 Å². The van der Waals surface area contributed by atoms with Gasteiger partial charge in [0.05, 0.1) is 12.3 Å². The first-order chi connectivity index (χ1) is 8.78. The Bertz CT molecular complexity index is 565. The van der Waals surface area contributed by atoms with Gasteiger partial charge >= 0.3 is 0 Å². The summed E-state index contributed by atoms with van der Waals surface area (Å²) in [4.78, 5) is 8.90. The highest BCUT2D eigenvalue weighted by Gasteiger charge is 2.28. The molecule has 0 atom stereocenters. The molecule has 0 spiro atoms. The number of aliphatic hydroxyl groups excluding tert-OH is 1. The molecule has 18 heavy (non-hydrogen) atoms. The van der Waals surface area contributed by atoms with E-state index < -0.39 is 0 Å². The van der Waals surface area contributed by atoms with Crippen molar-refractivity contribution in [3.63, 3.8) is 0 Å². The Balaban J connectivity index is 2.02. The summed E-state index contributed by atoms with van der Waals surface area (Å²) < 4.78 is 0. The maximum absolute atomic E-state index is 9.30. The summed E-state index contributed by atoms with van der Waals surface area (Å²) in [6, 6.07) is 7.48. The maximum atomic E-state index is 9.30. The van der Waals surface area contributed by atoms with Gasteiger partial charge < -0.3 is 5.11 Å². The Morgan fingerprint density at radius 1 is 1.22 bits per heavy atom.